The summed E-state index contributed by atoms with van der Waals surface area (Å²) in [6.07, 6.45) is 0.164. The molecule has 0 heterocycles. The van der Waals surface area contributed by atoms with E-state index in [2.05, 4.69) is 27.8 Å². The fourth-order valence-corrected chi connectivity index (χ4v) is 3.62. The summed E-state index contributed by atoms with van der Waals surface area (Å²) < 4.78 is 5.44. The molecule has 1 fully saturated rings. The minimum absolute atomic E-state index is 0.0731. The number of alkyl carbamates (subject to hydrolysis) is 1. The molecule has 0 unspecified atom stereocenters. The zero-order chi connectivity index (χ0) is 20.4. The van der Waals surface area contributed by atoms with Crippen molar-refractivity contribution in [1.82, 2.24) is 10.8 Å². The van der Waals surface area contributed by atoms with E-state index in [0.29, 0.717) is 12.8 Å². The molecule has 2 amide bonds. The maximum absolute atomic E-state index is 12.3. The summed E-state index contributed by atoms with van der Waals surface area (Å²) in [5, 5.41) is 11.1. The van der Waals surface area contributed by atoms with E-state index >= 15 is 0 Å². The van der Waals surface area contributed by atoms with Crippen LogP contribution >= 0.6 is 0 Å². The monoisotopic (exact) mass is 396 g/mol. The molecule has 29 heavy (non-hydrogen) atoms. The lowest BCUT2D eigenvalue weighted by Gasteiger charge is -2.18. The number of nitrogens with one attached hydrogen (secondary N) is 2. The lowest BCUT2D eigenvalue weighted by molar-refractivity contribution is -0.150. The summed E-state index contributed by atoms with van der Waals surface area (Å²) in [7, 11) is 0. The molecule has 2 aromatic rings. The molecule has 150 valence electrons. The number of rotatable bonds is 7. The lowest BCUT2D eigenvalue weighted by Crippen LogP contribution is -2.49. The second kappa shape index (κ2) is 7.56. The number of hydroxylamine groups is 1. The number of hydrogen-bond acceptors (Lipinski definition) is 5. The highest BCUT2D eigenvalue weighted by Crippen LogP contribution is 2.44. The van der Waals surface area contributed by atoms with Crippen LogP contribution in [0.1, 0.15) is 29.9 Å². The van der Waals surface area contributed by atoms with Crippen molar-refractivity contribution in [3.8, 4) is 11.1 Å². The van der Waals surface area contributed by atoms with Crippen LogP contribution in [0.2, 0.25) is 0 Å². The smallest absolute Gasteiger partial charge is 0.408 e. The van der Waals surface area contributed by atoms with Gasteiger partial charge in [-0.05, 0) is 35.1 Å². The number of hydrogen-bond donors (Lipinski definition) is 3. The number of ether oxygens (including phenoxy) is 1. The highest BCUT2D eigenvalue weighted by molar-refractivity contribution is 5.92. The van der Waals surface area contributed by atoms with Gasteiger partial charge in [0.15, 0.2) is 6.61 Å². The predicted octanol–water partition coefficient (Wildman–Crippen LogP) is 2.19. The summed E-state index contributed by atoms with van der Waals surface area (Å²) in [4.78, 5) is 39.5. The molecule has 0 spiro atoms. The van der Waals surface area contributed by atoms with Crippen LogP contribution in [0.3, 0.4) is 0 Å². The fourth-order valence-electron chi connectivity index (χ4n) is 3.62. The molecule has 3 N–H and O–H groups in total. The van der Waals surface area contributed by atoms with Gasteiger partial charge in [0.1, 0.15) is 12.1 Å². The van der Waals surface area contributed by atoms with E-state index in [1.54, 1.807) is 0 Å². The van der Waals surface area contributed by atoms with Gasteiger partial charge in [0, 0.05) is 5.92 Å². The largest absolute Gasteiger partial charge is 0.479 e. The molecule has 0 aliphatic heterocycles. The minimum Gasteiger partial charge on any atom is -0.479 e. The Morgan fingerprint density at radius 3 is 2.14 bits per heavy atom. The average molecular weight is 396 g/mol. The van der Waals surface area contributed by atoms with E-state index in [0.717, 1.165) is 22.3 Å². The highest BCUT2D eigenvalue weighted by Gasteiger charge is 2.52. The van der Waals surface area contributed by atoms with Gasteiger partial charge in [-0.2, -0.15) is 0 Å². The van der Waals surface area contributed by atoms with Gasteiger partial charge in [-0.1, -0.05) is 48.5 Å². The highest BCUT2D eigenvalue weighted by atomic mass is 16.7. The number of carbonyl (C=O) groups is 3. The van der Waals surface area contributed by atoms with Gasteiger partial charge in [0.25, 0.3) is 5.91 Å². The summed E-state index contributed by atoms with van der Waals surface area (Å²) in [6.45, 7) is -0.514. The first-order valence-corrected chi connectivity index (χ1v) is 9.27. The molecule has 8 nitrogen and oxygen atoms in total. The van der Waals surface area contributed by atoms with Crippen molar-refractivity contribution in [3.05, 3.63) is 59.7 Å². The Morgan fingerprint density at radius 1 is 1.00 bits per heavy atom. The van der Waals surface area contributed by atoms with Gasteiger partial charge >= 0.3 is 12.1 Å². The summed E-state index contributed by atoms with van der Waals surface area (Å²) in [5.41, 5.74) is 5.40. The van der Waals surface area contributed by atoms with Crippen LogP contribution in [-0.2, 0) is 19.2 Å². The fraction of sp³-hybridized carbons (Fsp3) is 0.286. The third-order valence-electron chi connectivity index (χ3n) is 5.23. The van der Waals surface area contributed by atoms with Crippen LogP contribution < -0.4 is 10.8 Å². The lowest BCUT2D eigenvalue weighted by atomic mass is 9.98. The third kappa shape index (κ3) is 3.79. The molecule has 1 saturated carbocycles. The molecule has 0 aromatic heterocycles. The van der Waals surface area contributed by atoms with Crippen LogP contribution in [0, 0.1) is 0 Å². The van der Waals surface area contributed by atoms with Gasteiger partial charge in [0.05, 0.1) is 0 Å². The third-order valence-corrected chi connectivity index (χ3v) is 5.23. The Balaban J connectivity index is 1.37. The standard InChI is InChI=1S/C21H20N2O6/c24-18(25)12-29-23-19(26)21(9-10-21)22-20(27)28-11-17-15-7-3-1-5-13(15)14-6-2-4-8-16(14)17/h1-8,17H,9-12H2,(H,22,27)(H,23,26)(H,24,25). The van der Waals surface area contributed by atoms with Crippen molar-refractivity contribution in [3.63, 3.8) is 0 Å². The number of carboxylic acids is 1. The van der Waals surface area contributed by atoms with Crippen molar-refractivity contribution in [2.45, 2.75) is 24.3 Å². The normalized spacial score (nSPS) is 15.7. The Morgan fingerprint density at radius 2 is 1.59 bits per heavy atom. The first kappa shape index (κ1) is 18.9. The summed E-state index contributed by atoms with van der Waals surface area (Å²) >= 11 is 0. The SMILES string of the molecule is O=C(O)CONC(=O)C1(NC(=O)OCC2c3ccccc3-c3ccccc32)CC1. The van der Waals surface area contributed by atoms with E-state index in [1.165, 1.54) is 0 Å². The Hall–Kier alpha value is -3.39. The number of carbonyl (C=O) groups excluding carboxylic acids is 2. The van der Waals surface area contributed by atoms with Crippen LogP contribution in [0.5, 0.6) is 0 Å². The summed E-state index contributed by atoms with van der Waals surface area (Å²) in [5.74, 6) is -1.87. The number of carboxylic acid groups (broad SMARTS) is 1. The maximum Gasteiger partial charge on any atom is 0.408 e. The van der Waals surface area contributed by atoms with Crippen molar-refractivity contribution >= 4 is 18.0 Å². The molecule has 2 aromatic carbocycles. The molecule has 0 bridgehead atoms. The molecular weight excluding hydrogens is 376 g/mol. The van der Waals surface area contributed by atoms with Gasteiger partial charge in [0.2, 0.25) is 0 Å². The van der Waals surface area contributed by atoms with E-state index in [9.17, 15) is 14.4 Å². The van der Waals surface area contributed by atoms with Crippen molar-refractivity contribution in [2.24, 2.45) is 0 Å². The number of aliphatic carboxylic acids is 1. The van der Waals surface area contributed by atoms with Crippen LogP contribution in [0.4, 0.5) is 4.79 Å². The van der Waals surface area contributed by atoms with Gasteiger partial charge in [-0.15, -0.1) is 0 Å². The number of amides is 2. The average Bonchev–Trinajstić information content (AvgIpc) is 3.42. The van der Waals surface area contributed by atoms with E-state index < -0.39 is 30.1 Å². The Kier molecular flexibility index (Phi) is 4.94. The topological polar surface area (TPSA) is 114 Å². The molecule has 8 heteroatoms. The van der Waals surface area contributed by atoms with Crippen LogP contribution in [-0.4, -0.2) is 41.8 Å². The Bertz CT molecular complexity index is 924. The van der Waals surface area contributed by atoms with E-state index in [1.807, 2.05) is 36.4 Å². The number of fused-ring (bicyclic) bond motifs is 3. The minimum atomic E-state index is -1.21. The zero-order valence-corrected chi connectivity index (χ0v) is 15.5. The van der Waals surface area contributed by atoms with Crippen molar-refractivity contribution in [2.75, 3.05) is 13.2 Å². The van der Waals surface area contributed by atoms with Gasteiger partial charge in [-0.25, -0.2) is 15.1 Å². The van der Waals surface area contributed by atoms with Gasteiger partial charge < -0.3 is 15.2 Å². The quantitative estimate of drug-likeness (QED) is 0.618. The predicted molar refractivity (Wildman–Crippen MR) is 102 cm³/mol. The molecule has 0 radical (unpaired) electrons. The Labute approximate surface area is 166 Å². The van der Waals surface area contributed by atoms with Crippen LogP contribution in [0.25, 0.3) is 11.1 Å². The molecular formula is C21H20N2O6. The molecule has 4 rings (SSSR count). The second-order valence-corrected chi connectivity index (χ2v) is 7.15. The first-order valence-electron chi connectivity index (χ1n) is 9.27. The molecule has 0 saturated heterocycles. The van der Waals surface area contributed by atoms with Crippen LogP contribution in [0.15, 0.2) is 48.5 Å². The second-order valence-electron chi connectivity index (χ2n) is 7.15. The number of benzene rings is 2. The molecule has 0 atom stereocenters. The molecule has 2 aliphatic rings. The van der Waals surface area contributed by atoms with E-state index in [-0.39, 0.29) is 12.5 Å². The van der Waals surface area contributed by atoms with E-state index in [4.69, 9.17) is 9.84 Å². The zero-order valence-electron chi connectivity index (χ0n) is 15.5. The maximum atomic E-state index is 12.3. The summed E-state index contributed by atoms with van der Waals surface area (Å²) in [6, 6.07) is 16.0. The van der Waals surface area contributed by atoms with Crippen molar-refractivity contribution in [1.29, 1.82) is 0 Å². The van der Waals surface area contributed by atoms with Crippen molar-refractivity contribution < 1.29 is 29.1 Å². The molecule has 2 aliphatic carbocycles. The van der Waals surface area contributed by atoms with Gasteiger partial charge in [-0.3, -0.25) is 9.63 Å². The first-order chi connectivity index (χ1) is 14.0.